The standard InChI is InChI=1S/C24H27N3O3/c1-16(2)18-10-6-7-11-19(18)25-22(29)20-21(28)24(26-23(20)30)12-13-27(15-24)14-17-8-4-3-5-9-17/h3-11,16,28H,12-15H2,1-2H3,(H,25,29)(H,26,30). The molecule has 0 aromatic heterocycles. The summed E-state index contributed by atoms with van der Waals surface area (Å²) in [6.45, 7) is 6.01. The predicted molar refractivity (Wildman–Crippen MR) is 116 cm³/mol. The number of hydrogen-bond donors (Lipinski definition) is 3. The summed E-state index contributed by atoms with van der Waals surface area (Å²) in [5.41, 5.74) is 1.73. The number of benzene rings is 2. The molecule has 1 atom stereocenters. The van der Waals surface area contributed by atoms with Gasteiger partial charge in [-0.3, -0.25) is 14.5 Å². The van der Waals surface area contributed by atoms with Crippen LogP contribution in [0.25, 0.3) is 0 Å². The number of carbonyl (C=O) groups excluding carboxylic acids is 2. The second-order valence-corrected chi connectivity index (χ2v) is 8.40. The maximum Gasteiger partial charge on any atom is 0.264 e. The molecule has 1 fully saturated rings. The fourth-order valence-electron chi connectivity index (χ4n) is 4.36. The van der Waals surface area contributed by atoms with Gasteiger partial charge in [0.25, 0.3) is 11.8 Å². The van der Waals surface area contributed by atoms with E-state index in [2.05, 4.69) is 27.7 Å². The van der Waals surface area contributed by atoms with E-state index >= 15 is 0 Å². The highest BCUT2D eigenvalue weighted by Gasteiger charge is 2.51. The summed E-state index contributed by atoms with van der Waals surface area (Å²) < 4.78 is 0. The van der Waals surface area contributed by atoms with E-state index in [0.29, 0.717) is 18.7 Å². The lowest BCUT2D eigenvalue weighted by atomic mass is 9.96. The highest BCUT2D eigenvalue weighted by molar-refractivity contribution is 6.25. The Labute approximate surface area is 176 Å². The Balaban J connectivity index is 1.53. The molecule has 4 rings (SSSR count). The molecule has 2 aliphatic rings. The van der Waals surface area contributed by atoms with Crippen LogP contribution in [0.5, 0.6) is 0 Å². The van der Waals surface area contributed by atoms with Gasteiger partial charge < -0.3 is 15.7 Å². The van der Waals surface area contributed by atoms with Gasteiger partial charge in [-0.1, -0.05) is 62.4 Å². The molecule has 2 amide bonds. The number of amides is 2. The molecule has 1 unspecified atom stereocenters. The van der Waals surface area contributed by atoms with Crippen molar-refractivity contribution < 1.29 is 14.7 Å². The van der Waals surface area contributed by atoms with E-state index in [4.69, 9.17) is 0 Å². The van der Waals surface area contributed by atoms with Gasteiger partial charge in [0, 0.05) is 25.3 Å². The van der Waals surface area contributed by atoms with Crippen molar-refractivity contribution in [2.75, 3.05) is 18.4 Å². The quantitative estimate of drug-likeness (QED) is 0.667. The van der Waals surface area contributed by atoms with Crippen molar-refractivity contribution in [2.45, 2.75) is 38.3 Å². The summed E-state index contributed by atoms with van der Waals surface area (Å²) in [6.07, 6.45) is 0.566. The number of nitrogens with one attached hydrogen (secondary N) is 2. The molecule has 0 bridgehead atoms. The number of carbonyl (C=O) groups is 2. The van der Waals surface area contributed by atoms with Gasteiger partial charge in [-0.15, -0.1) is 0 Å². The van der Waals surface area contributed by atoms with Gasteiger partial charge in [-0.25, -0.2) is 0 Å². The average molecular weight is 405 g/mol. The highest BCUT2D eigenvalue weighted by atomic mass is 16.3. The van der Waals surface area contributed by atoms with Crippen LogP contribution in [0, 0.1) is 0 Å². The Hall–Kier alpha value is -3.12. The monoisotopic (exact) mass is 405 g/mol. The van der Waals surface area contributed by atoms with Crippen LogP contribution in [0.1, 0.15) is 37.3 Å². The molecule has 6 heteroatoms. The first kappa shape index (κ1) is 20.2. The van der Waals surface area contributed by atoms with Crippen molar-refractivity contribution in [3.63, 3.8) is 0 Å². The highest BCUT2D eigenvalue weighted by Crippen LogP contribution is 2.35. The van der Waals surface area contributed by atoms with Crippen molar-refractivity contribution in [2.24, 2.45) is 0 Å². The van der Waals surface area contributed by atoms with E-state index in [9.17, 15) is 14.7 Å². The SMILES string of the molecule is CC(C)c1ccccc1NC(=O)C1=C(O)C2(CCN(Cc3ccccc3)C2)NC1=O. The van der Waals surface area contributed by atoms with E-state index < -0.39 is 17.4 Å². The molecule has 2 heterocycles. The van der Waals surface area contributed by atoms with E-state index in [-0.39, 0.29) is 17.3 Å². The van der Waals surface area contributed by atoms with Crippen LogP contribution >= 0.6 is 0 Å². The van der Waals surface area contributed by atoms with Crippen molar-refractivity contribution >= 4 is 17.5 Å². The van der Waals surface area contributed by atoms with Crippen LogP contribution < -0.4 is 10.6 Å². The number of anilines is 1. The molecule has 6 nitrogen and oxygen atoms in total. The third-order valence-electron chi connectivity index (χ3n) is 5.93. The van der Waals surface area contributed by atoms with E-state index in [1.165, 1.54) is 5.56 Å². The minimum atomic E-state index is -0.893. The Morgan fingerprint density at radius 1 is 1.17 bits per heavy atom. The molecule has 30 heavy (non-hydrogen) atoms. The fourth-order valence-corrected chi connectivity index (χ4v) is 4.36. The van der Waals surface area contributed by atoms with Crippen molar-refractivity contribution in [1.29, 1.82) is 0 Å². The van der Waals surface area contributed by atoms with Gasteiger partial charge in [0.1, 0.15) is 16.9 Å². The zero-order chi connectivity index (χ0) is 21.3. The maximum absolute atomic E-state index is 12.9. The summed E-state index contributed by atoms with van der Waals surface area (Å²) in [7, 11) is 0. The number of aliphatic hydroxyl groups excluding tert-OH is 1. The number of likely N-dealkylation sites (tertiary alicyclic amines) is 1. The first-order valence-corrected chi connectivity index (χ1v) is 10.3. The summed E-state index contributed by atoms with van der Waals surface area (Å²) in [4.78, 5) is 27.8. The van der Waals surface area contributed by atoms with E-state index in [1.807, 2.05) is 56.3 Å². The lowest BCUT2D eigenvalue weighted by Gasteiger charge is -2.24. The lowest BCUT2D eigenvalue weighted by molar-refractivity contribution is -0.121. The molecule has 0 aliphatic carbocycles. The zero-order valence-electron chi connectivity index (χ0n) is 17.3. The largest absolute Gasteiger partial charge is 0.509 e. The Morgan fingerprint density at radius 3 is 2.60 bits per heavy atom. The van der Waals surface area contributed by atoms with Crippen LogP contribution in [-0.2, 0) is 16.1 Å². The second kappa shape index (κ2) is 7.95. The van der Waals surface area contributed by atoms with Crippen molar-refractivity contribution in [1.82, 2.24) is 10.2 Å². The molecule has 1 spiro atoms. The minimum absolute atomic E-state index is 0.150. The van der Waals surface area contributed by atoms with E-state index in [1.54, 1.807) is 0 Å². The maximum atomic E-state index is 12.9. The normalized spacial score (nSPS) is 21.5. The summed E-state index contributed by atoms with van der Waals surface area (Å²) in [6, 6.07) is 17.6. The Morgan fingerprint density at radius 2 is 1.87 bits per heavy atom. The zero-order valence-corrected chi connectivity index (χ0v) is 17.3. The molecule has 156 valence electrons. The third-order valence-corrected chi connectivity index (χ3v) is 5.93. The number of aliphatic hydroxyl groups is 1. The van der Waals surface area contributed by atoms with Crippen LogP contribution in [0.3, 0.4) is 0 Å². The molecular weight excluding hydrogens is 378 g/mol. The van der Waals surface area contributed by atoms with Gasteiger partial charge in [-0.05, 0) is 29.5 Å². The van der Waals surface area contributed by atoms with Crippen LogP contribution in [0.4, 0.5) is 5.69 Å². The molecule has 2 aromatic rings. The predicted octanol–water partition coefficient (Wildman–Crippen LogP) is 3.34. The van der Waals surface area contributed by atoms with Gasteiger partial charge in [0.05, 0.1) is 0 Å². The van der Waals surface area contributed by atoms with Crippen LogP contribution in [-0.4, -0.2) is 40.4 Å². The summed E-state index contributed by atoms with van der Waals surface area (Å²) in [5.74, 6) is -1.03. The molecular formula is C24H27N3O3. The van der Waals surface area contributed by atoms with Crippen LogP contribution in [0.15, 0.2) is 65.9 Å². The number of hydrogen-bond acceptors (Lipinski definition) is 4. The molecule has 3 N–H and O–H groups in total. The minimum Gasteiger partial charge on any atom is -0.509 e. The Kier molecular flexibility index (Phi) is 5.35. The smallest absolute Gasteiger partial charge is 0.264 e. The molecule has 2 aliphatic heterocycles. The van der Waals surface area contributed by atoms with E-state index in [0.717, 1.165) is 18.7 Å². The fraction of sp³-hybridized carbons (Fsp3) is 0.333. The van der Waals surface area contributed by atoms with Gasteiger partial charge in [0.15, 0.2) is 0 Å². The molecule has 0 saturated carbocycles. The second-order valence-electron chi connectivity index (χ2n) is 8.40. The third kappa shape index (κ3) is 3.71. The van der Waals surface area contributed by atoms with Crippen molar-refractivity contribution in [3.8, 4) is 0 Å². The van der Waals surface area contributed by atoms with Gasteiger partial charge in [0.2, 0.25) is 0 Å². The molecule has 2 aromatic carbocycles. The number of rotatable bonds is 5. The summed E-state index contributed by atoms with van der Waals surface area (Å²) >= 11 is 0. The van der Waals surface area contributed by atoms with Crippen LogP contribution in [0.2, 0.25) is 0 Å². The average Bonchev–Trinajstić information content (AvgIpc) is 3.23. The number of para-hydroxylation sites is 1. The lowest BCUT2D eigenvalue weighted by Crippen LogP contribution is -2.46. The molecule has 0 radical (unpaired) electrons. The number of nitrogens with zero attached hydrogens (tertiary/aromatic N) is 1. The van der Waals surface area contributed by atoms with Crippen molar-refractivity contribution in [3.05, 3.63) is 77.1 Å². The molecule has 1 saturated heterocycles. The topological polar surface area (TPSA) is 81.7 Å². The first-order chi connectivity index (χ1) is 14.4. The van der Waals surface area contributed by atoms with Gasteiger partial charge in [-0.2, -0.15) is 0 Å². The van der Waals surface area contributed by atoms with Gasteiger partial charge >= 0.3 is 0 Å². The Bertz CT molecular complexity index is 1000. The summed E-state index contributed by atoms with van der Waals surface area (Å²) in [5, 5.41) is 16.6. The first-order valence-electron chi connectivity index (χ1n) is 10.3.